The summed E-state index contributed by atoms with van der Waals surface area (Å²) in [4.78, 5) is 24.7. The zero-order chi connectivity index (χ0) is 14.9. The van der Waals surface area contributed by atoms with Gasteiger partial charge in [-0.25, -0.2) is 4.79 Å². The smallest absolute Gasteiger partial charge is 0.290 e. The molecule has 1 aromatic carbocycles. The number of rotatable bonds is 2. The molecular weight excluding hydrogens is 342 g/mol. The van der Waals surface area contributed by atoms with Gasteiger partial charge in [-0.1, -0.05) is 27.7 Å². The minimum absolute atomic E-state index is 0.0254. The summed E-state index contributed by atoms with van der Waals surface area (Å²) in [6.07, 6.45) is 0. The maximum atomic E-state index is 11.9. The van der Waals surface area contributed by atoms with Crippen molar-refractivity contribution < 1.29 is 0 Å². The lowest BCUT2D eigenvalue weighted by atomic mass is 10.3. The van der Waals surface area contributed by atoms with Gasteiger partial charge in [0.2, 0.25) is 0 Å². The third-order valence-electron chi connectivity index (χ3n) is 2.75. The lowest BCUT2D eigenvalue weighted by Crippen LogP contribution is -2.39. The molecule has 1 heterocycles. The largest absolute Gasteiger partial charge is 0.331 e. The van der Waals surface area contributed by atoms with Crippen molar-refractivity contribution in [2.75, 3.05) is 0 Å². The molecule has 0 atom stereocenters. The second-order valence-electron chi connectivity index (χ2n) is 4.05. The molecule has 0 aliphatic rings. The van der Waals surface area contributed by atoms with Crippen LogP contribution in [0.1, 0.15) is 5.56 Å². The first kappa shape index (κ1) is 14.6. The van der Waals surface area contributed by atoms with Crippen LogP contribution in [-0.2, 0) is 14.1 Å². The minimum Gasteiger partial charge on any atom is -0.290 e. The maximum absolute atomic E-state index is 11.9. The molecule has 20 heavy (non-hydrogen) atoms. The Hall–Kier alpha value is -1.78. The molecule has 7 heteroatoms. The second kappa shape index (κ2) is 5.69. The Kier molecular flexibility index (Phi) is 4.16. The Labute approximate surface area is 127 Å². The number of aromatic nitrogens is 2. The number of halogens is 1. The Balaban J connectivity index is 2.63. The molecule has 2 aromatic rings. The van der Waals surface area contributed by atoms with Gasteiger partial charge in [-0.15, -0.1) is 0 Å². The van der Waals surface area contributed by atoms with Gasteiger partial charge in [0.1, 0.15) is 16.7 Å². The summed E-state index contributed by atoms with van der Waals surface area (Å²) in [6.45, 7) is 0. The first-order valence-electron chi connectivity index (χ1n) is 5.59. The van der Waals surface area contributed by atoms with Crippen LogP contribution in [-0.4, -0.2) is 9.13 Å². The second-order valence-corrected chi connectivity index (χ2v) is 6.03. The molecule has 0 N–H and O–H groups in total. The molecule has 0 amide bonds. The number of hydrogen-bond donors (Lipinski definition) is 0. The highest BCUT2D eigenvalue weighted by molar-refractivity contribution is 9.10. The summed E-state index contributed by atoms with van der Waals surface area (Å²) in [6, 6.07) is 9.28. The van der Waals surface area contributed by atoms with E-state index in [0.29, 0.717) is 5.03 Å². The van der Waals surface area contributed by atoms with Gasteiger partial charge in [0.15, 0.2) is 0 Å². The van der Waals surface area contributed by atoms with Gasteiger partial charge in [-0.2, -0.15) is 5.26 Å². The maximum Gasteiger partial charge on any atom is 0.331 e. The summed E-state index contributed by atoms with van der Waals surface area (Å²) in [5, 5.41) is 9.51. The molecule has 0 aliphatic heterocycles. The number of nitrogens with zero attached hydrogens (tertiary/aromatic N) is 3. The van der Waals surface area contributed by atoms with Crippen LogP contribution in [0.2, 0.25) is 0 Å². The van der Waals surface area contributed by atoms with Crippen LogP contribution in [0.5, 0.6) is 0 Å². The summed E-state index contributed by atoms with van der Waals surface area (Å²) < 4.78 is 3.18. The average Bonchev–Trinajstić information content (AvgIpc) is 2.45. The fourth-order valence-electron chi connectivity index (χ4n) is 1.66. The molecule has 0 unspecified atom stereocenters. The third kappa shape index (κ3) is 2.57. The van der Waals surface area contributed by atoms with Crippen LogP contribution in [0.15, 0.2) is 48.2 Å². The van der Waals surface area contributed by atoms with Crippen molar-refractivity contribution in [3.8, 4) is 6.07 Å². The molecule has 0 aliphatic carbocycles. The van der Waals surface area contributed by atoms with E-state index in [4.69, 9.17) is 5.26 Å². The molecule has 0 spiro atoms. The SMILES string of the molecule is Cn1c(Sc2ccc(Br)cc2)c(C#N)c(=O)n(C)c1=O. The fourth-order valence-corrected chi connectivity index (χ4v) is 2.86. The van der Waals surface area contributed by atoms with Crippen LogP contribution in [0, 0.1) is 11.3 Å². The molecule has 0 saturated heterocycles. The highest BCUT2D eigenvalue weighted by atomic mass is 79.9. The van der Waals surface area contributed by atoms with Crippen molar-refractivity contribution in [3.63, 3.8) is 0 Å². The summed E-state index contributed by atoms with van der Waals surface area (Å²) in [5.74, 6) is 0. The predicted octanol–water partition coefficient (Wildman–Crippen LogP) is 1.87. The Morgan fingerprint density at radius 3 is 2.30 bits per heavy atom. The van der Waals surface area contributed by atoms with E-state index in [1.165, 1.54) is 23.4 Å². The van der Waals surface area contributed by atoms with Gasteiger partial charge in [-0.05, 0) is 24.3 Å². The minimum atomic E-state index is -0.574. The molecule has 0 saturated carbocycles. The van der Waals surface area contributed by atoms with Gasteiger partial charge in [0, 0.05) is 23.5 Å². The Bertz CT molecular complexity index is 816. The van der Waals surface area contributed by atoms with E-state index in [1.54, 1.807) is 7.05 Å². The zero-order valence-corrected chi connectivity index (χ0v) is 13.2. The molecule has 0 fully saturated rings. The van der Waals surface area contributed by atoms with Gasteiger partial charge >= 0.3 is 5.69 Å². The predicted molar refractivity (Wildman–Crippen MR) is 79.9 cm³/mol. The van der Waals surface area contributed by atoms with Crippen LogP contribution in [0.3, 0.4) is 0 Å². The van der Waals surface area contributed by atoms with Crippen molar-refractivity contribution in [2.24, 2.45) is 14.1 Å². The van der Waals surface area contributed by atoms with Crippen molar-refractivity contribution in [2.45, 2.75) is 9.92 Å². The molecule has 0 bridgehead atoms. The monoisotopic (exact) mass is 351 g/mol. The van der Waals surface area contributed by atoms with Crippen LogP contribution >= 0.6 is 27.7 Å². The molecule has 102 valence electrons. The average molecular weight is 352 g/mol. The van der Waals surface area contributed by atoms with Crippen molar-refractivity contribution in [1.29, 1.82) is 5.26 Å². The molecule has 5 nitrogen and oxygen atoms in total. The Morgan fingerprint density at radius 1 is 1.15 bits per heavy atom. The highest BCUT2D eigenvalue weighted by Gasteiger charge is 2.16. The van der Waals surface area contributed by atoms with E-state index in [0.717, 1.165) is 13.9 Å². The lowest BCUT2D eigenvalue weighted by molar-refractivity contribution is 0.631. The fraction of sp³-hybridized carbons (Fsp3) is 0.154. The first-order valence-corrected chi connectivity index (χ1v) is 7.20. The topological polar surface area (TPSA) is 67.8 Å². The van der Waals surface area contributed by atoms with Crippen molar-refractivity contribution in [3.05, 3.63) is 55.1 Å². The first-order chi connectivity index (χ1) is 9.45. The van der Waals surface area contributed by atoms with Gasteiger partial charge in [-0.3, -0.25) is 13.9 Å². The standard InChI is InChI=1S/C13H10BrN3O2S/c1-16-11(18)10(7-15)12(17(2)13(16)19)20-9-5-3-8(14)4-6-9/h3-6H,1-2H3. The van der Waals surface area contributed by atoms with Crippen molar-refractivity contribution in [1.82, 2.24) is 9.13 Å². The molecule has 1 aromatic heterocycles. The van der Waals surface area contributed by atoms with Gasteiger partial charge in [0.25, 0.3) is 5.56 Å². The lowest BCUT2D eigenvalue weighted by Gasteiger charge is -2.10. The van der Waals surface area contributed by atoms with E-state index in [1.807, 2.05) is 30.3 Å². The number of hydrogen-bond acceptors (Lipinski definition) is 4. The normalized spacial score (nSPS) is 10.3. The van der Waals surface area contributed by atoms with Crippen LogP contribution < -0.4 is 11.2 Å². The van der Waals surface area contributed by atoms with Crippen LogP contribution in [0.4, 0.5) is 0 Å². The molecule has 0 radical (unpaired) electrons. The van der Waals surface area contributed by atoms with Crippen molar-refractivity contribution >= 4 is 27.7 Å². The van der Waals surface area contributed by atoms with E-state index in [2.05, 4.69) is 15.9 Å². The Morgan fingerprint density at radius 2 is 1.75 bits per heavy atom. The van der Waals surface area contributed by atoms with Gasteiger partial charge < -0.3 is 0 Å². The van der Waals surface area contributed by atoms with E-state index < -0.39 is 11.2 Å². The van der Waals surface area contributed by atoms with E-state index in [9.17, 15) is 9.59 Å². The van der Waals surface area contributed by atoms with Crippen LogP contribution in [0.25, 0.3) is 0 Å². The third-order valence-corrected chi connectivity index (χ3v) is 4.46. The number of nitriles is 1. The zero-order valence-electron chi connectivity index (χ0n) is 10.8. The molecular formula is C13H10BrN3O2S. The molecule has 2 rings (SSSR count). The van der Waals surface area contributed by atoms with E-state index >= 15 is 0 Å². The number of benzene rings is 1. The summed E-state index contributed by atoms with van der Waals surface area (Å²) in [5.41, 5.74) is -1.05. The highest BCUT2D eigenvalue weighted by Crippen LogP contribution is 2.28. The quantitative estimate of drug-likeness (QED) is 0.774. The summed E-state index contributed by atoms with van der Waals surface area (Å²) >= 11 is 4.55. The van der Waals surface area contributed by atoms with E-state index in [-0.39, 0.29) is 5.56 Å². The van der Waals surface area contributed by atoms with Gasteiger partial charge in [0.05, 0.1) is 0 Å². The summed E-state index contributed by atoms with van der Waals surface area (Å²) in [7, 11) is 2.91.